The molecule has 5 heteroatoms. The van der Waals surface area contributed by atoms with Gasteiger partial charge in [-0.3, -0.25) is 0 Å². The lowest BCUT2D eigenvalue weighted by Gasteiger charge is -2.04. The zero-order valence-electron chi connectivity index (χ0n) is 9.24. The maximum atomic E-state index is 10.7. The molecule has 0 saturated heterocycles. The van der Waals surface area contributed by atoms with Crippen LogP contribution < -0.4 is 5.32 Å². The minimum atomic E-state index is -1.01. The Balaban J connectivity index is 2.65. The van der Waals surface area contributed by atoms with Crippen LogP contribution in [0, 0.1) is 18.8 Å². The van der Waals surface area contributed by atoms with Gasteiger partial charge in [0.2, 0.25) is 5.95 Å². The van der Waals surface area contributed by atoms with E-state index in [-0.39, 0.29) is 5.56 Å². The fourth-order valence-electron chi connectivity index (χ4n) is 1.12. The van der Waals surface area contributed by atoms with Crippen LogP contribution in [0.1, 0.15) is 29.4 Å². The molecule has 1 rings (SSSR count). The summed E-state index contributed by atoms with van der Waals surface area (Å²) in [4.78, 5) is 18.7. The molecule has 0 bridgehead atoms. The third kappa shape index (κ3) is 3.24. The molecule has 16 heavy (non-hydrogen) atoms. The first-order valence-electron chi connectivity index (χ1n) is 4.85. The molecular formula is C11H13N3O2. The number of carboxylic acid groups (broad SMARTS) is 1. The zero-order chi connectivity index (χ0) is 12.0. The van der Waals surface area contributed by atoms with E-state index in [0.717, 1.165) is 0 Å². The predicted octanol–water partition coefficient (Wildman–Crippen LogP) is 1.31. The average Bonchev–Trinajstić information content (AvgIpc) is 2.24. The molecule has 0 unspecified atom stereocenters. The van der Waals surface area contributed by atoms with Crippen LogP contribution in [0.4, 0.5) is 5.95 Å². The van der Waals surface area contributed by atoms with Crippen LogP contribution in [0.3, 0.4) is 0 Å². The molecule has 1 aromatic rings. The fraction of sp³-hybridized carbons (Fsp3) is 0.364. The van der Waals surface area contributed by atoms with Crippen molar-refractivity contribution in [3.8, 4) is 11.8 Å². The second-order valence-corrected chi connectivity index (χ2v) is 3.10. The molecule has 0 atom stereocenters. The first kappa shape index (κ1) is 12.0. The number of hydrogen-bond donors (Lipinski definition) is 2. The van der Waals surface area contributed by atoms with Crippen LogP contribution in [-0.2, 0) is 0 Å². The van der Waals surface area contributed by atoms with E-state index in [4.69, 9.17) is 5.11 Å². The summed E-state index contributed by atoms with van der Waals surface area (Å²) < 4.78 is 0. The van der Waals surface area contributed by atoms with E-state index < -0.39 is 5.97 Å². The fourth-order valence-corrected chi connectivity index (χ4v) is 1.12. The number of anilines is 1. The topological polar surface area (TPSA) is 75.1 Å². The summed E-state index contributed by atoms with van der Waals surface area (Å²) in [6, 6.07) is 0. The van der Waals surface area contributed by atoms with Crippen LogP contribution in [0.5, 0.6) is 0 Å². The summed E-state index contributed by atoms with van der Waals surface area (Å²) in [7, 11) is 0. The number of hydrogen-bond acceptors (Lipinski definition) is 4. The number of aryl methyl sites for hydroxylation is 1. The van der Waals surface area contributed by atoms with E-state index >= 15 is 0 Å². The van der Waals surface area contributed by atoms with Crippen LogP contribution >= 0.6 is 0 Å². The normalized spacial score (nSPS) is 9.12. The van der Waals surface area contributed by atoms with Gasteiger partial charge in [-0.05, 0) is 13.8 Å². The van der Waals surface area contributed by atoms with E-state index in [0.29, 0.717) is 24.6 Å². The zero-order valence-corrected chi connectivity index (χ0v) is 9.24. The van der Waals surface area contributed by atoms with Gasteiger partial charge in [0.15, 0.2) is 0 Å². The number of aromatic carboxylic acids is 1. The SMILES string of the molecule is CC#CCCNc1ncc(C(=O)O)c(C)n1. The van der Waals surface area contributed by atoms with Gasteiger partial charge in [0, 0.05) is 19.2 Å². The van der Waals surface area contributed by atoms with Gasteiger partial charge in [0.05, 0.1) is 11.3 Å². The molecular weight excluding hydrogens is 206 g/mol. The number of carbonyl (C=O) groups is 1. The highest BCUT2D eigenvalue weighted by Gasteiger charge is 2.09. The van der Waals surface area contributed by atoms with Gasteiger partial charge >= 0.3 is 5.97 Å². The Kier molecular flexibility index (Phi) is 4.28. The second kappa shape index (κ2) is 5.71. The summed E-state index contributed by atoms with van der Waals surface area (Å²) in [6.45, 7) is 4.07. The van der Waals surface area contributed by atoms with Crippen molar-refractivity contribution in [1.29, 1.82) is 0 Å². The predicted molar refractivity (Wildman–Crippen MR) is 60.3 cm³/mol. The summed E-state index contributed by atoms with van der Waals surface area (Å²) in [6.07, 6.45) is 2.01. The van der Waals surface area contributed by atoms with Crippen LogP contribution in [0.2, 0.25) is 0 Å². The highest BCUT2D eigenvalue weighted by atomic mass is 16.4. The van der Waals surface area contributed by atoms with E-state index in [9.17, 15) is 4.79 Å². The van der Waals surface area contributed by atoms with E-state index in [1.54, 1.807) is 13.8 Å². The highest BCUT2D eigenvalue weighted by molar-refractivity contribution is 5.88. The molecule has 0 aliphatic heterocycles. The van der Waals surface area contributed by atoms with E-state index in [2.05, 4.69) is 27.1 Å². The van der Waals surface area contributed by atoms with Gasteiger partial charge in [0.25, 0.3) is 0 Å². The quantitative estimate of drug-likeness (QED) is 0.590. The van der Waals surface area contributed by atoms with Crippen molar-refractivity contribution < 1.29 is 9.90 Å². The maximum absolute atomic E-state index is 10.7. The van der Waals surface area contributed by atoms with E-state index in [1.165, 1.54) is 6.20 Å². The Hall–Kier alpha value is -2.09. The lowest BCUT2D eigenvalue weighted by Crippen LogP contribution is -2.09. The molecule has 0 aliphatic rings. The Morgan fingerprint density at radius 3 is 2.94 bits per heavy atom. The van der Waals surface area contributed by atoms with Gasteiger partial charge in [0.1, 0.15) is 0 Å². The summed E-state index contributed by atoms with van der Waals surface area (Å²) in [5.41, 5.74) is 0.575. The number of nitrogens with one attached hydrogen (secondary N) is 1. The lowest BCUT2D eigenvalue weighted by molar-refractivity contribution is 0.0695. The van der Waals surface area contributed by atoms with Crippen molar-refractivity contribution in [1.82, 2.24) is 9.97 Å². The van der Waals surface area contributed by atoms with Crippen molar-refractivity contribution in [2.45, 2.75) is 20.3 Å². The lowest BCUT2D eigenvalue weighted by atomic mass is 10.2. The number of nitrogens with zero attached hydrogens (tertiary/aromatic N) is 2. The molecule has 0 aromatic carbocycles. The number of aromatic nitrogens is 2. The number of rotatable bonds is 4. The molecule has 0 saturated carbocycles. The smallest absolute Gasteiger partial charge is 0.339 e. The number of carboxylic acids is 1. The summed E-state index contributed by atoms with van der Waals surface area (Å²) in [5, 5.41) is 11.8. The molecule has 1 aromatic heterocycles. The standard InChI is InChI=1S/C11H13N3O2/c1-3-4-5-6-12-11-13-7-9(10(15)16)8(2)14-11/h7H,5-6H2,1-2H3,(H,15,16)(H,12,13,14). The molecule has 0 fully saturated rings. The van der Waals surface area contributed by atoms with Gasteiger partial charge in [-0.25, -0.2) is 14.8 Å². The Labute approximate surface area is 93.9 Å². The molecule has 0 amide bonds. The largest absolute Gasteiger partial charge is 0.478 e. The Morgan fingerprint density at radius 2 is 2.38 bits per heavy atom. The monoisotopic (exact) mass is 219 g/mol. The van der Waals surface area contributed by atoms with Crippen molar-refractivity contribution >= 4 is 11.9 Å². The summed E-state index contributed by atoms with van der Waals surface area (Å²) in [5.74, 6) is 5.10. The Morgan fingerprint density at radius 1 is 1.62 bits per heavy atom. The molecule has 2 N–H and O–H groups in total. The van der Waals surface area contributed by atoms with Crippen molar-refractivity contribution in [2.75, 3.05) is 11.9 Å². The minimum absolute atomic E-state index is 0.124. The summed E-state index contributed by atoms with van der Waals surface area (Å²) >= 11 is 0. The molecule has 5 nitrogen and oxygen atoms in total. The molecule has 84 valence electrons. The van der Waals surface area contributed by atoms with Gasteiger partial charge in [-0.1, -0.05) is 0 Å². The van der Waals surface area contributed by atoms with Gasteiger partial charge in [-0.2, -0.15) is 0 Å². The average molecular weight is 219 g/mol. The molecule has 1 heterocycles. The van der Waals surface area contributed by atoms with Crippen molar-refractivity contribution in [3.05, 3.63) is 17.5 Å². The molecule has 0 aliphatic carbocycles. The second-order valence-electron chi connectivity index (χ2n) is 3.10. The Bertz CT molecular complexity index is 446. The van der Waals surface area contributed by atoms with Crippen LogP contribution in [0.15, 0.2) is 6.20 Å². The molecule has 0 spiro atoms. The molecule has 0 radical (unpaired) electrons. The minimum Gasteiger partial charge on any atom is -0.478 e. The van der Waals surface area contributed by atoms with Crippen molar-refractivity contribution in [3.63, 3.8) is 0 Å². The van der Waals surface area contributed by atoms with Gasteiger partial charge in [-0.15, -0.1) is 11.8 Å². The van der Waals surface area contributed by atoms with Gasteiger partial charge < -0.3 is 10.4 Å². The van der Waals surface area contributed by atoms with Crippen LogP contribution in [-0.4, -0.2) is 27.6 Å². The third-order valence-electron chi connectivity index (χ3n) is 1.92. The third-order valence-corrected chi connectivity index (χ3v) is 1.92. The highest BCUT2D eigenvalue weighted by Crippen LogP contribution is 2.06. The maximum Gasteiger partial charge on any atom is 0.339 e. The first-order chi connectivity index (χ1) is 7.65. The van der Waals surface area contributed by atoms with E-state index in [1.807, 2.05) is 0 Å². The first-order valence-corrected chi connectivity index (χ1v) is 4.85. The van der Waals surface area contributed by atoms with Crippen LogP contribution in [0.25, 0.3) is 0 Å². The van der Waals surface area contributed by atoms with Crippen molar-refractivity contribution in [2.24, 2.45) is 0 Å².